The Morgan fingerprint density at radius 3 is 2.57 bits per heavy atom. The van der Waals surface area contributed by atoms with Gasteiger partial charge in [0.15, 0.2) is 0 Å². The summed E-state index contributed by atoms with van der Waals surface area (Å²) in [5.41, 5.74) is 1.70. The molecule has 4 heteroatoms. The van der Waals surface area contributed by atoms with Gasteiger partial charge in [-0.15, -0.1) is 0 Å². The molecule has 1 atom stereocenters. The average molecular weight is 348 g/mol. The molecule has 0 aromatic heterocycles. The minimum absolute atomic E-state index is 0.00296. The van der Waals surface area contributed by atoms with E-state index in [-0.39, 0.29) is 11.9 Å². The summed E-state index contributed by atoms with van der Waals surface area (Å²) in [6.45, 7) is 2.05. The van der Waals surface area contributed by atoms with Crippen molar-refractivity contribution in [2.45, 2.75) is 19.4 Å². The summed E-state index contributed by atoms with van der Waals surface area (Å²) >= 11 is 3.42. The smallest absolute Gasteiger partial charge is 0.251 e. The van der Waals surface area contributed by atoms with Crippen LogP contribution in [0.4, 0.5) is 0 Å². The van der Waals surface area contributed by atoms with Gasteiger partial charge in [0.1, 0.15) is 5.75 Å². The number of carbonyl (C=O) groups is 1. The number of benzene rings is 2. The number of hydrogen-bond acceptors (Lipinski definition) is 2. The highest BCUT2D eigenvalue weighted by Gasteiger charge is 2.14. The van der Waals surface area contributed by atoms with Crippen LogP contribution in [0.3, 0.4) is 0 Å². The fourth-order valence-corrected chi connectivity index (χ4v) is 2.39. The fraction of sp³-hybridized carbons (Fsp3) is 0.235. The van der Waals surface area contributed by atoms with Gasteiger partial charge in [0.2, 0.25) is 0 Å². The van der Waals surface area contributed by atoms with Crippen molar-refractivity contribution in [3.05, 3.63) is 64.1 Å². The molecule has 0 aliphatic carbocycles. The second-order valence-electron chi connectivity index (χ2n) is 4.72. The maximum absolute atomic E-state index is 12.3. The van der Waals surface area contributed by atoms with Crippen LogP contribution in [0.2, 0.25) is 0 Å². The van der Waals surface area contributed by atoms with Crippen molar-refractivity contribution in [3.63, 3.8) is 0 Å². The molecular weight excluding hydrogens is 330 g/mol. The van der Waals surface area contributed by atoms with Crippen molar-refractivity contribution in [1.82, 2.24) is 5.32 Å². The number of rotatable bonds is 5. The summed E-state index contributed by atoms with van der Waals surface area (Å²) in [6.07, 6.45) is 0.831. The van der Waals surface area contributed by atoms with E-state index in [9.17, 15) is 4.79 Å². The maximum atomic E-state index is 12.3. The van der Waals surface area contributed by atoms with Crippen LogP contribution in [0.1, 0.15) is 35.3 Å². The highest BCUT2D eigenvalue weighted by atomic mass is 79.9. The summed E-state index contributed by atoms with van der Waals surface area (Å²) in [7, 11) is 1.59. The number of carbonyl (C=O) groups excluding carboxylic acids is 1. The average Bonchev–Trinajstić information content (AvgIpc) is 2.53. The Labute approximate surface area is 133 Å². The van der Waals surface area contributed by atoms with Gasteiger partial charge in [-0.1, -0.05) is 41.1 Å². The molecule has 1 N–H and O–H groups in total. The molecule has 0 heterocycles. The first-order valence-electron chi connectivity index (χ1n) is 6.84. The van der Waals surface area contributed by atoms with E-state index in [1.165, 1.54) is 0 Å². The first-order valence-corrected chi connectivity index (χ1v) is 7.63. The van der Waals surface area contributed by atoms with Gasteiger partial charge in [-0.3, -0.25) is 4.79 Å². The van der Waals surface area contributed by atoms with Crippen molar-refractivity contribution in [2.24, 2.45) is 0 Å². The standard InChI is InChI=1S/C17H18BrNO2/c1-3-16(12-7-9-14(18)10-8-12)19-17(20)13-5-4-6-15(11-13)21-2/h4-11,16H,3H2,1-2H3,(H,19,20). The molecule has 0 spiro atoms. The summed E-state index contributed by atoms with van der Waals surface area (Å²) in [6, 6.07) is 15.2. The van der Waals surface area contributed by atoms with Crippen molar-refractivity contribution in [2.75, 3.05) is 7.11 Å². The van der Waals surface area contributed by atoms with Gasteiger partial charge in [-0.25, -0.2) is 0 Å². The van der Waals surface area contributed by atoms with Crippen molar-refractivity contribution in [1.29, 1.82) is 0 Å². The zero-order chi connectivity index (χ0) is 15.2. The number of methoxy groups -OCH3 is 1. The van der Waals surface area contributed by atoms with Crippen molar-refractivity contribution in [3.8, 4) is 5.75 Å². The van der Waals surface area contributed by atoms with Crippen LogP contribution in [0.5, 0.6) is 5.75 Å². The quantitative estimate of drug-likeness (QED) is 0.873. The zero-order valence-electron chi connectivity index (χ0n) is 12.1. The molecule has 1 amide bonds. The molecule has 0 saturated heterocycles. The van der Waals surface area contributed by atoms with Crippen LogP contribution in [0, 0.1) is 0 Å². The number of nitrogens with one attached hydrogen (secondary N) is 1. The van der Waals surface area contributed by atoms with Gasteiger partial charge in [0.05, 0.1) is 13.2 Å². The minimum Gasteiger partial charge on any atom is -0.497 e. The summed E-state index contributed by atoms with van der Waals surface area (Å²) in [5.74, 6) is 0.586. The minimum atomic E-state index is -0.0938. The molecule has 0 fully saturated rings. The molecule has 0 aliphatic rings. The third-order valence-corrected chi connectivity index (χ3v) is 3.85. The highest BCUT2D eigenvalue weighted by Crippen LogP contribution is 2.20. The molecule has 110 valence electrons. The summed E-state index contributed by atoms with van der Waals surface area (Å²) in [4.78, 5) is 12.3. The first kappa shape index (κ1) is 15.6. The van der Waals surface area contributed by atoms with E-state index in [1.54, 1.807) is 19.2 Å². The van der Waals surface area contributed by atoms with E-state index in [4.69, 9.17) is 4.74 Å². The van der Waals surface area contributed by atoms with Gasteiger partial charge in [-0.2, -0.15) is 0 Å². The number of amides is 1. The van der Waals surface area contributed by atoms with Gasteiger partial charge in [0, 0.05) is 10.0 Å². The van der Waals surface area contributed by atoms with Gasteiger partial charge in [0.25, 0.3) is 5.91 Å². The number of halogens is 1. The Bertz CT molecular complexity index is 610. The molecule has 21 heavy (non-hydrogen) atoms. The van der Waals surface area contributed by atoms with E-state index >= 15 is 0 Å². The van der Waals surface area contributed by atoms with E-state index in [2.05, 4.69) is 28.2 Å². The molecule has 3 nitrogen and oxygen atoms in total. The van der Waals surface area contributed by atoms with E-state index in [0.29, 0.717) is 11.3 Å². The van der Waals surface area contributed by atoms with Crippen molar-refractivity contribution < 1.29 is 9.53 Å². The molecule has 2 aromatic carbocycles. The van der Waals surface area contributed by atoms with Crippen molar-refractivity contribution >= 4 is 21.8 Å². The van der Waals surface area contributed by atoms with Crippen LogP contribution in [-0.2, 0) is 0 Å². The third-order valence-electron chi connectivity index (χ3n) is 3.32. The predicted octanol–water partition coefficient (Wildman–Crippen LogP) is 4.34. The fourth-order valence-electron chi connectivity index (χ4n) is 2.12. The summed E-state index contributed by atoms with van der Waals surface area (Å²) < 4.78 is 6.18. The van der Waals surface area contributed by atoms with Crippen LogP contribution in [0.25, 0.3) is 0 Å². The molecule has 0 bridgehead atoms. The lowest BCUT2D eigenvalue weighted by atomic mass is 10.0. The van der Waals surface area contributed by atoms with Crippen LogP contribution < -0.4 is 10.1 Å². The molecule has 1 unspecified atom stereocenters. The maximum Gasteiger partial charge on any atom is 0.251 e. The molecule has 0 aliphatic heterocycles. The molecule has 0 radical (unpaired) electrons. The number of ether oxygens (including phenoxy) is 1. The Balaban J connectivity index is 2.14. The lowest BCUT2D eigenvalue weighted by molar-refractivity contribution is 0.0935. The topological polar surface area (TPSA) is 38.3 Å². The molecule has 0 saturated carbocycles. The lowest BCUT2D eigenvalue weighted by Crippen LogP contribution is -2.28. The second kappa shape index (κ2) is 7.27. The Morgan fingerprint density at radius 2 is 1.95 bits per heavy atom. The lowest BCUT2D eigenvalue weighted by Gasteiger charge is -2.18. The number of hydrogen-bond donors (Lipinski definition) is 1. The van der Waals surface area contributed by atoms with Gasteiger partial charge >= 0.3 is 0 Å². The van der Waals surface area contributed by atoms with Gasteiger partial charge < -0.3 is 10.1 Å². The van der Waals surface area contributed by atoms with E-state index in [0.717, 1.165) is 16.5 Å². The third kappa shape index (κ3) is 4.08. The van der Waals surface area contributed by atoms with E-state index < -0.39 is 0 Å². The Morgan fingerprint density at radius 1 is 1.24 bits per heavy atom. The zero-order valence-corrected chi connectivity index (χ0v) is 13.7. The van der Waals surface area contributed by atoms with E-state index in [1.807, 2.05) is 36.4 Å². The Kier molecular flexibility index (Phi) is 5.39. The van der Waals surface area contributed by atoms with Crippen LogP contribution in [-0.4, -0.2) is 13.0 Å². The summed E-state index contributed by atoms with van der Waals surface area (Å²) in [5, 5.41) is 3.06. The Hall–Kier alpha value is -1.81. The normalized spacial score (nSPS) is 11.8. The molecule has 2 aromatic rings. The first-order chi connectivity index (χ1) is 10.1. The van der Waals surface area contributed by atoms with Gasteiger partial charge in [-0.05, 0) is 42.3 Å². The largest absolute Gasteiger partial charge is 0.497 e. The van der Waals surface area contributed by atoms with Crippen LogP contribution in [0.15, 0.2) is 53.0 Å². The molecular formula is C17H18BrNO2. The molecule has 2 rings (SSSR count). The predicted molar refractivity (Wildman–Crippen MR) is 87.6 cm³/mol. The highest BCUT2D eigenvalue weighted by molar-refractivity contribution is 9.10. The van der Waals surface area contributed by atoms with Crippen LogP contribution >= 0.6 is 15.9 Å². The SMILES string of the molecule is CCC(NC(=O)c1cccc(OC)c1)c1ccc(Br)cc1. The monoisotopic (exact) mass is 347 g/mol. The second-order valence-corrected chi connectivity index (χ2v) is 5.63.